The number of carbonyl (C=O) groups excluding carboxylic acids is 2. The van der Waals surface area contributed by atoms with E-state index in [4.69, 9.17) is 0 Å². The van der Waals surface area contributed by atoms with Gasteiger partial charge in [0.1, 0.15) is 0 Å². The van der Waals surface area contributed by atoms with Gasteiger partial charge >= 0.3 is 0 Å². The molecule has 2 aromatic rings. The van der Waals surface area contributed by atoms with Crippen molar-refractivity contribution in [1.82, 2.24) is 0 Å². The van der Waals surface area contributed by atoms with Gasteiger partial charge < -0.3 is 9.80 Å². The molecule has 0 saturated heterocycles. The molecule has 0 fully saturated rings. The van der Waals surface area contributed by atoms with E-state index in [0.717, 1.165) is 11.4 Å². The number of benzene rings is 2. The zero-order chi connectivity index (χ0) is 16.3. The summed E-state index contributed by atoms with van der Waals surface area (Å²) in [4.78, 5) is 27.4. The number of ketones is 1. The zero-order valence-corrected chi connectivity index (χ0v) is 13.3. The molecule has 0 aromatic heterocycles. The van der Waals surface area contributed by atoms with Gasteiger partial charge in [0.2, 0.25) is 0 Å². The first kappa shape index (κ1) is 15.8. The van der Waals surface area contributed by atoms with Crippen LogP contribution in [0.4, 0.5) is 11.4 Å². The maximum Gasteiger partial charge on any atom is 0.258 e. The SMILES string of the molecule is CC(=O)c1ccc(C(=O)N(C)c2ccc(N(C)C)cc2)cc1. The molecule has 0 aliphatic carbocycles. The van der Waals surface area contributed by atoms with Crippen LogP contribution in [0.2, 0.25) is 0 Å². The summed E-state index contributed by atoms with van der Waals surface area (Å²) < 4.78 is 0. The Labute approximate surface area is 131 Å². The van der Waals surface area contributed by atoms with Crippen molar-refractivity contribution < 1.29 is 9.59 Å². The van der Waals surface area contributed by atoms with Gasteiger partial charge in [-0.25, -0.2) is 0 Å². The summed E-state index contributed by atoms with van der Waals surface area (Å²) in [5.41, 5.74) is 3.07. The average molecular weight is 296 g/mol. The van der Waals surface area contributed by atoms with Crippen molar-refractivity contribution in [3.8, 4) is 0 Å². The van der Waals surface area contributed by atoms with Gasteiger partial charge in [-0.1, -0.05) is 12.1 Å². The van der Waals surface area contributed by atoms with E-state index in [1.807, 2.05) is 43.3 Å². The summed E-state index contributed by atoms with van der Waals surface area (Å²) in [6, 6.07) is 14.5. The number of Topliss-reactive ketones (excluding diaryl/α,β-unsaturated/α-hetero) is 1. The van der Waals surface area contributed by atoms with Crippen molar-refractivity contribution in [1.29, 1.82) is 0 Å². The predicted molar refractivity (Wildman–Crippen MR) is 89.9 cm³/mol. The van der Waals surface area contributed by atoms with Crippen molar-refractivity contribution in [3.63, 3.8) is 0 Å². The first-order valence-corrected chi connectivity index (χ1v) is 7.06. The maximum absolute atomic E-state index is 12.5. The zero-order valence-electron chi connectivity index (χ0n) is 13.3. The Morgan fingerprint density at radius 3 is 1.64 bits per heavy atom. The Morgan fingerprint density at radius 2 is 1.18 bits per heavy atom. The van der Waals surface area contributed by atoms with E-state index >= 15 is 0 Å². The highest BCUT2D eigenvalue weighted by Crippen LogP contribution is 2.20. The lowest BCUT2D eigenvalue weighted by Gasteiger charge is -2.19. The summed E-state index contributed by atoms with van der Waals surface area (Å²) in [5, 5.41) is 0. The Bertz CT molecular complexity index is 673. The number of carbonyl (C=O) groups is 2. The highest BCUT2D eigenvalue weighted by atomic mass is 16.2. The van der Waals surface area contributed by atoms with Gasteiger partial charge in [0, 0.05) is 43.6 Å². The maximum atomic E-state index is 12.5. The Hall–Kier alpha value is -2.62. The Kier molecular flexibility index (Phi) is 4.61. The van der Waals surface area contributed by atoms with Crippen molar-refractivity contribution in [2.24, 2.45) is 0 Å². The third-order valence-corrected chi connectivity index (χ3v) is 3.60. The van der Waals surface area contributed by atoms with Crippen LogP contribution in [0, 0.1) is 0 Å². The van der Waals surface area contributed by atoms with Crippen LogP contribution in [0.3, 0.4) is 0 Å². The van der Waals surface area contributed by atoms with E-state index in [1.165, 1.54) is 6.92 Å². The summed E-state index contributed by atoms with van der Waals surface area (Å²) in [5.74, 6) is -0.112. The van der Waals surface area contributed by atoms with Gasteiger partial charge in [-0.3, -0.25) is 9.59 Å². The van der Waals surface area contributed by atoms with Gasteiger partial charge in [-0.2, -0.15) is 0 Å². The lowest BCUT2D eigenvalue weighted by atomic mass is 10.1. The number of rotatable bonds is 4. The fourth-order valence-electron chi connectivity index (χ4n) is 2.13. The molecular formula is C18H20N2O2. The van der Waals surface area contributed by atoms with E-state index in [-0.39, 0.29) is 11.7 Å². The standard InChI is InChI=1S/C18H20N2O2/c1-13(21)14-5-7-15(8-6-14)18(22)20(4)17-11-9-16(10-12-17)19(2)3/h5-12H,1-4H3. The second-order valence-corrected chi connectivity index (χ2v) is 5.41. The third kappa shape index (κ3) is 3.34. The van der Waals surface area contributed by atoms with Crippen LogP contribution in [0.5, 0.6) is 0 Å². The lowest BCUT2D eigenvalue weighted by Crippen LogP contribution is -2.26. The molecule has 0 radical (unpaired) electrons. The molecule has 0 N–H and O–H groups in total. The molecule has 0 atom stereocenters. The fourth-order valence-corrected chi connectivity index (χ4v) is 2.13. The van der Waals surface area contributed by atoms with Crippen LogP contribution in [0.15, 0.2) is 48.5 Å². The number of anilines is 2. The minimum absolute atomic E-state index is 0.00775. The summed E-state index contributed by atoms with van der Waals surface area (Å²) in [7, 11) is 5.69. The lowest BCUT2D eigenvalue weighted by molar-refractivity contribution is 0.0988. The van der Waals surface area contributed by atoms with Crippen LogP contribution in [-0.4, -0.2) is 32.8 Å². The van der Waals surface area contributed by atoms with Gasteiger partial charge in [-0.05, 0) is 43.3 Å². The predicted octanol–water partition coefficient (Wildman–Crippen LogP) is 3.23. The van der Waals surface area contributed by atoms with Gasteiger partial charge in [0.25, 0.3) is 5.91 Å². The molecule has 0 heterocycles. The molecule has 0 spiro atoms. The van der Waals surface area contributed by atoms with E-state index in [2.05, 4.69) is 0 Å². The van der Waals surface area contributed by atoms with Crippen molar-refractivity contribution in [2.45, 2.75) is 6.92 Å². The molecule has 22 heavy (non-hydrogen) atoms. The molecule has 0 saturated carbocycles. The molecule has 1 amide bonds. The number of hydrogen-bond acceptors (Lipinski definition) is 3. The number of nitrogens with zero attached hydrogens (tertiary/aromatic N) is 2. The monoisotopic (exact) mass is 296 g/mol. The summed E-state index contributed by atoms with van der Waals surface area (Å²) >= 11 is 0. The second kappa shape index (κ2) is 6.43. The minimum atomic E-state index is -0.104. The molecule has 2 aromatic carbocycles. The van der Waals surface area contributed by atoms with Crippen molar-refractivity contribution in [2.75, 3.05) is 30.9 Å². The molecule has 0 bridgehead atoms. The third-order valence-electron chi connectivity index (χ3n) is 3.60. The van der Waals surface area contributed by atoms with Crippen molar-refractivity contribution >= 4 is 23.1 Å². The molecular weight excluding hydrogens is 276 g/mol. The van der Waals surface area contributed by atoms with E-state index in [0.29, 0.717) is 11.1 Å². The molecule has 4 heteroatoms. The normalized spacial score (nSPS) is 10.2. The topological polar surface area (TPSA) is 40.6 Å². The van der Waals surface area contributed by atoms with Crippen LogP contribution >= 0.6 is 0 Å². The van der Waals surface area contributed by atoms with E-state index < -0.39 is 0 Å². The molecule has 2 rings (SSSR count). The second-order valence-electron chi connectivity index (χ2n) is 5.41. The average Bonchev–Trinajstić information content (AvgIpc) is 2.53. The van der Waals surface area contributed by atoms with Crippen LogP contribution in [0.1, 0.15) is 27.6 Å². The van der Waals surface area contributed by atoms with E-state index in [1.54, 1.807) is 36.2 Å². The minimum Gasteiger partial charge on any atom is -0.378 e. The molecule has 4 nitrogen and oxygen atoms in total. The largest absolute Gasteiger partial charge is 0.378 e. The summed E-state index contributed by atoms with van der Waals surface area (Å²) in [6.07, 6.45) is 0. The number of amides is 1. The fraction of sp³-hybridized carbons (Fsp3) is 0.222. The summed E-state index contributed by atoms with van der Waals surface area (Å²) in [6.45, 7) is 1.51. The van der Waals surface area contributed by atoms with Gasteiger partial charge in [0.15, 0.2) is 5.78 Å². The first-order chi connectivity index (χ1) is 10.4. The quantitative estimate of drug-likeness (QED) is 0.813. The molecule has 0 unspecified atom stereocenters. The van der Waals surface area contributed by atoms with Crippen LogP contribution in [0.25, 0.3) is 0 Å². The highest BCUT2D eigenvalue weighted by molar-refractivity contribution is 6.06. The van der Waals surface area contributed by atoms with Gasteiger partial charge in [-0.15, -0.1) is 0 Å². The van der Waals surface area contributed by atoms with Crippen LogP contribution < -0.4 is 9.80 Å². The number of hydrogen-bond donors (Lipinski definition) is 0. The van der Waals surface area contributed by atoms with E-state index in [9.17, 15) is 9.59 Å². The molecule has 114 valence electrons. The van der Waals surface area contributed by atoms with Gasteiger partial charge in [0.05, 0.1) is 0 Å². The molecule has 0 aliphatic rings. The van der Waals surface area contributed by atoms with Crippen LogP contribution in [-0.2, 0) is 0 Å². The highest BCUT2D eigenvalue weighted by Gasteiger charge is 2.14. The smallest absolute Gasteiger partial charge is 0.258 e. The molecule has 0 aliphatic heterocycles. The van der Waals surface area contributed by atoms with Crippen molar-refractivity contribution in [3.05, 3.63) is 59.7 Å². The Balaban J connectivity index is 2.19. The first-order valence-electron chi connectivity index (χ1n) is 7.06. The Morgan fingerprint density at radius 1 is 0.727 bits per heavy atom.